The van der Waals surface area contributed by atoms with Crippen LogP contribution in [-0.4, -0.2) is 13.1 Å². The number of benzene rings is 3. The molecule has 0 radical (unpaired) electrons. The van der Waals surface area contributed by atoms with Crippen molar-refractivity contribution in [2.75, 3.05) is 13.1 Å². The van der Waals surface area contributed by atoms with Gasteiger partial charge in [-0.05, 0) is 71.8 Å². The van der Waals surface area contributed by atoms with E-state index in [-0.39, 0.29) is 0 Å². The van der Waals surface area contributed by atoms with Crippen LogP contribution in [0, 0.1) is 0 Å². The summed E-state index contributed by atoms with van der Waals surface area (Å²) in [4.78, 5) is 0. The average Bonchev–Trinajstić information content (AvgIpc) is 2.74. The van der Waals surface area contributed by atoms with Gasteiger partial charge in [0.1, 0.15) is 0 Å². The zero-order valence-corrected chi connectivity index (χ0v) is 15.5. The number of halogens is 3. The first-order chi connectivity index (χ1) is 13.5. The zero-order valence-electron chi connectivity index (χ0n) is 15.5. The first-order valence-corrected chi connectivity index (χ1v) is 9.60. The van der Waals surface area contributed by atoms with Gasteiger partial charge in [-0.2, -0.15) is 13.2 Å². The summed E-state index contributed by atoms with van der Waals surface area (Å²) in [5, 5.41) is 3.39. The number of nitrogens with one attached hydrogen (secondary N) is 1. The molecule has 1 aliphatic heterocycles. The van der Waals surface area contributed by atoms with Crippen LogP contribution in [0.15, 0.2) is 72.8 Å². The summed E-state index contributed by atoms with van der Waals surface area (Å²) in [6.45, 7) is 2.12. The van der Waals surface area contributed by atoms with Crippen molar-refractivity contribution in [3.63, 3.8) is 0 Å². The minimum absolute atomic E-state index is 0.598. The van der Waals surface area contributed by atoms with Gasteiger partial charge in [-0.25, -0.2) is 0 Å². The first-order valence-electron chi connectivity index (χ1n) is 9.60. The molecule has 0 bridgehead atoms. The first kappa shape index (κ1) is 18.8. The van der Waals surface area contributed by atoms with E-state index in [1.165, 1.54) is 5.56 Å². The van der Waals surface area contributed by atoms with Gasteiger partial charge in [-0.3, -0.25) is 0 Å². The highest BCUT2D eigenvalue weighted by molar-refractivity contribution is 5.83. The van der Waals surface area contributed by atoms with Gasteiger partial charge in [-0.15, -0.1) is 0 Å². The molecule has 1 fully saturated rings. The van der Waals surface area contributed by atoms with Crippen LogP contribution in [0.5, 0.6) is 0 Å². The maximum absolute atomic E-state index is 12.9. The Morgan fingerprint density at radius 1 is 0.679 bits per heavy atom. The molecule has 1 heterocycles. The monoisotopic (exact) mass is 381 g/mol. The minimum Gasteiger partial charge on any atom is -0.317 e. The summed E-state index contributed by atoms with van der Waals surface area (Å²) in [5.74, 6) is 0.598. The van der Waals surface area contributed by atoms with Crippen LogP contribution < -0.4 is 5.32 Å². The standard InChI is InChI=1S/C24H22F3N/c25-24(26,27)21-11-9-20(10-12-21)23-4-2-1-3-22(23)19-7-5-17(6-8-19)18-13-15-28-16-14-18/h1-12,18,28H,13-16H2. The quantitative estimate of drug-likeness (QED) is 0.546. The summed E-state index contributed by atoms with van der Waals surface area (Å²) < 4.78 is 38.6. The van der Waals surface area contributed by atoms with Gasteiger partial charge in [0, 0.05) is 0 Å². The molecule has 28 heavy (non-hydrogen) atoms. The van der Waals surface area contributed by atoms with Crippen molar-refractivity contribution in [2.45, 2.75) is 24.9 Å². The van der Waals surface area contributed by atoms with E-state index in [0.717, 1.165) is 60.3 Å². The van der Waals surface area contributed by atoms with Crippen molar-refractivity contribution in [3.8, 4) is 22.3 Å². The Balaban J connectivity index is 1.64. The molecule has 0 aliphatic carbocycles. The molecule has 3 aromatic carbocycles. The summed E-state index contributed by atoms with van der Waals surface area (Å²) >= 11 is 0. The number of rotatable bonds is 3. The fourth-order valence-electron chi connectivity index (χ4n) is 3.92. The molecule has 0 spiro atoms. The lowest BCUT2D eigenvalue weighted by molar-refractivity contribution is -0.137. The Bertz CT molecular complexity index is 921. The summed E-state index contributed by atoms with van der Waals surface area (Å²) in [7, 11) is 0. The molecule has 1 nitrogen and oxygen atoms in total. The third kappa shape index (κ3) is 3.97. The van der Waals surface area contributed by atoms with Crippen molar-refractivity contribution in [3.05, 3.63) is 83.9 Å². The van der Waals surface area contributed by atoms with Crippen LogP contribution >= 0.6 is 0 Å². The van der Waals surface area contributed by atoms with Gasteiger partial charge >= 0.3 is 6.18 Å². The van der Waals surface area contributed by atoms with Crippen LogP contribution in [0.2, 0.25) is 0 Å². The van der Waals surface area contributed by atoms with Crippen LogP contribution in [-0.2, 0) is 6.18 Å². The molecule has 0 amide bonds. The van der Waals surface area contributed by atoms with E-state index in [0.29, 0.717) is 5.92 Å². The summed E-state index contributed by atoms with van der Waals surface area (Å²) in [6, 6.07) is 21.9. The Labute approximate surface area is 163 Å². The summed E-state index contributed by atoms with van der Waals surface area (Å²) in [6.07, 6.45) is -2.01. The molecular formula is C24H22F3N. The van der Waals surface area contributed by atoms with Crippen LogP contribution in [0.4, 0.5) is 13.2 Å². The van der Waals surface area contributed by atoms with E-state index >= 15 is 0 Å². The molecule has 0 saturated carbocycles. The van der Waals surface area contributed by atoms with Gasteiger partial charge in [0.25, 0.3) is 0 Å². The van der Waals surface area contributed by atoms with Crippen molar-refractivity contribution in [1.82, 2.24) is 5.32 Å². The minimum atomic E-state index is -4.32. The molecule has 4 rings (SSSR count). The maximum Gasteiger partial charge on any atom is 0.416 e. The van der Waals surface area contributed by atoms with Crippen molar-refractivity contribution in [1.29, 1.82) is 0 Å². The Hall–Kier alpha value is -2.59. The van der Waals surface area contributed by atoms with E-state index in [1.54, 1.807) is 12.1 Å². The van der Waals surface area contributed by atoms with Crippen LogP contribution in [0.3, 0.4) is 0 Å². The fraction of sp³-hybridized carbons (Fsp3) is 0.250. The second-order valence-electron chi connectivity index (χ2n) is 7.27. The highest BCUT2D eigenvalue weighted by atomic mass is 19.4. The Morgan fingerprint density at radius 3 is 1.68 bits per heavy atom. The number of alkyl halides is 3. The van der Waals surface area contributed by atoms with E-state index < -0.39 is 11.7 Å². The predicted octanol–water partition coefficient (Wildman–Crippen LogP) is 6.51. The molecule has 1 aliphatic rings. The lowest BCUT2D eigenvalue weighted by Gasteiger charge is -2.23. The van der Waals surface area contributed by atoms with Crippen molar-refractivity contribution >= 4 is 0 Å². The van der Waals surface area contributed by atoms with Crippen LogP contribution in [0.1, 0.15) is 29.9 Å². The third-order valence-electron chi connectivity index (χ3n) is 5.48. The average molecular weight is 381 g/mol. The SMILES string of the molecule is FC(F)(F)c1ccc(-c2ccccc2-c2ccc(C3CCNCC3)cc2)cc1. The molecule has 3 aromatic rings. The second-order valence-corrected chi connectivity index (χ2v) is 7.27. The maximum atomic E-state index is 12.9. The van der Waals surface area contributed by atoms with Gasteiger partial charge < -0.3 is 5.32 Å². The van der Waals surface area contributed by atoms with Gasteiger partial charge in [-0.1, -0.05) is 60.7 Å². The second kappa shape index (κ2) is 7.80. The summed E-state index contributed by atoms with van der Waals surface area (Å²) in [5.41, 5.74) is 4.56. The van der Waals surface area contributed by atoms with Crippen LogP contribution in [0.25, 0.3) is 22.3 Å². The van der Waals surface area contributed by atoms with Crippen molar-refractivity contribution in [2.24, 2.45) is 0 Å². The van der Waals surface area contributed by atoms with E-state index in [9.17, 15) is 13.2 Å². The van der Waals surface area contributed by atoms with E-state index in [1.807, 2.05) is 24.3 Å². The molecule has 0 unspecified atom stereocenters. The van der Waals surface area contributed by atoms with Gasteiger partial charge in [0.2, 0.25) is 0 Å². The Morgan fingerprint density at radius 2 is 1.18 bits per heavy atom. The highest BCUT2D eigenvalue weighted by Gasteiger charge is 2.30. The number of hydrogen-bond acceptors (Lipinski definition) is 1. The van der Waals surface area contributed by atoms with Gasteiger partial charge in [0.15, 0.2) is 0 Å². The molecule has 0 atom stereocenters. The largest absolute Gasteiger partial charge is 0.416 e. The predicted molar refractivity (Wildman–Crippen MR) is 107 cm³/mol. The number of piperidine rings is 1. The molecule has 4 heteroatoms. The lowest BCUT2D eigenvalue weighted by atomic mass is 9.88. The smallest absolute Gasteiger partial charge is 0.317 e. The molecule has 1 N–H and O–H groups in total. The zero-order chi connectivity index (χ0) is 19.6. The fourth-order valence-corrected chi connectivity index (χ4v) is 3.92. The molecule has 1 saturated heterocycles. The topological polar surface area (TPSA) is 12.0 Å². The van der Waals surface area contributed by atoms with Crippen molar-refractivity contribution < 1.29 is 13.2 Å². The molecule has 0 aromatic heterocycles. The molecule has 144 valence electrons. The Kier molecular flexibility index (Phi) is 5.23. The highest BCUT2D eigenvalue weighted by Crippen LogP contribution is 2.36. The van der Waals surface area contributed by atoms with E-state index in [4.69, 9.17) is 0 Å². The normalized spacial score (nSPS) is 15.5. The molecular weight excluding hydrogens is 359 g/mol. The third-order valence-corrected chi connectivity index (χ3v) is 5.48. The number of hydrogen-bond donors (Lipinski definition) is 1. The van der Waals surface area contributed by atoms with E-state index in [2.05, 4.69) is 29.6 Å². The lowest BCUT2D eigenvalue weighted by Crippen LogP contribution is -2.26. The van der Waals surface area contributed by atoms with Gasteiger partial charge in [0.05, 0.1) is 5.56 Å².